The molecule has 1 N–H and O–H groups in total. The van der Waals surface area contributed by atoms with Gasteiger partial charge in [0.15, 0.2) is 0 Å². The maximum Gasteiger partial charge on any atom is 0.244 e. The Labute approximate surface area is 240 Å². The van der Waals surface area contributed by atoms with Crippen LogP contribution in [0.25, 0.3) is 0 Å². The molecule has 0 aliphatic heterocycles. The zero-order valence-electron chi connectivity index (χ0n) is 22.4. The van der Waals surface area contributed by atoms with Gasteiger partial charge in [-0.2, -0.15) is 0 Å². The normalized spacial score (nSPS) is 12.1. The number of carbonyl (C=O) groups excluding carboxylic acids is 2. The Bertz CT molecular complexity index is 1430. The Morgan fingerprint density at radius 2 is 1.64 bits per heavy atom. The van der Waals surface area contributed by atoms with E-state index in [-0.39, 0.29) is 18.9 Å². The largest absolute Gasteiger partial charge is 0.355 e. The van der Waals surface area contributed by atoms with Gasteiger partial charge in [0, 0.05) is 29.6 Å². The fourth-order valence-corrected chi connectivity index (χ4v) is 5.48. The number of carbonyl (C=O) groups is 2. The number of likely N-dealkylation sites (N-methyl/N-ethyl adjacent to an activating group) is 1. The van der Waals surface area contributed by atoms with E-state index < -0.39 is 28.5 Å². The number of amides is 2. The lowest BCUT2D eigenvalue weighted by atomic mass is 10.0. The van der Waals surface area contributed by atoms with Crippen molar-refractivity contribution < 1.29 is 18.0 Å². The number of aryl methyl sites for hydroxylation is 2. The van der Waals surface area contributed by atoms with Gasteiger partial charge in [0.25, 0.3) is 0 Å². The highest BCUT2D eigenvalue weighted by molar-refractivity contribution is 7.92. The zero-order chi connectivity index (χ0) is 28.7. The van der Waals surface area contributed by atoms with E-state index in [9.17, 15) is 18.0 Å². The minimum atomic E-state index is -3.84. The van der Waals surface area contributed by atoms with Crippen LogP contribution in [0, 0.1) is 13.8 Å². The molecule has 0 saturated heterocycles. The standard InChI is InChI=1S/C29H33Cl2N3O4S/c1-5-32-29(36)27(16-22-9-7-6-8-10-22)33(18-23-12-13-24(30)17-26(23)31)28(35)19-34(39(4,37)38)25-14-11-20(2)21(3)15-25/h6-15,17,27H,5,16,18-19H2,1-4H3,(H,32,36)/t27-/m1/s1. The minimum Gasteiger partial charge on any atom is -0.355 e. The summed E-state index contributed by atoms with van der Waals surface area (Å²) >= 11 is 12.5. The van der Waals surface area contributed by atoms with E-state index in [1.54, 1.807) is 37.3 Å². The van der Waals surface area contributed by atoms with Gasteiger partial charge in [-0.3, -0.25) is 13.9 Å². The number of nitrogens with one attached hydrogen (secondary N) is 1. The van der Waals surface area contributed by atoms with E-state index in [0.717, 1.165) is 27.3 Å². The van der Waals surface area contributed by atoms with Gasteiger partial charge in [-0.05, 0) is 67.3 Å². The van der Waals surface area contributed by atoms with Crippen molar-refractivity contribution in [3.63, 3.8) is 0 Å². The SMILES string of the molecule is CCNC(=O)[C@@H](Cc1ccccc1)N(Cc1ccc(Cl)cc1Cl)C(=O)CN(c1ccc(C)c(C)c1)S(C)(=O)=O. The number of nitrogens with zero attached hydrogens (tertiary/aromatic N) is 2. The molecule has 0 aliphatic carbocycles. The van der Waals surface area contributed by atoms with E-state index in [0.29, 0.717) is 27.8 Å². The quantitative estimate of drug-likeness (QED) is 0.335. The second-order valence-electron chi connectivity index (χ2n) is 9.40. The van der Waals surface area contributed by atoms with Crippen LogP contribution in [0.5, 0.6) is 0 Å². The van der Waals surface area contributed by atoms with Crippen LogP contribution >= 0.6 is 23.2 Å². The summed E-state index contributed by atoms with van der Waals surface area (Å²) in [6.45, 7) is 5.45. The fourth-order valence-electron chi connectivity index (χ4n) is 4.17. The first-order valence-corrected chi connectivity index (χ1v) is 15.1. The molecule has 0 spiro atoms. The molecule has 0 saturated carbocycles. The Kier molecular flexibility index (Phi) is 10.4. The van der Waals surface area contributed by atoms with Crippen molar-refractivity contribution in [1.29, 1.82) is 0 Å². The van der Waals surface area contributed by atoms with Crippen LogP contribution in [0.2, 0.25) is 10.0 Å². The number of sulfonamides is 1. The molecule has 208 valence electrons. The van der Waals surface area contributed by atoms with Crippen LogP contribution in [0.4, 0.5) is 5.69 Å². The van der Waals surface area contributed by atoms with Gasteiger partial charge >= 0.3 is 0 Å². The number of halogens is 2. The number of benzene rings is 3. The van der Waals surface area contributed by atoms with Crippen LogP contribution < -0.4 is 9.62 Å². The number of anilines is 1. The zero-order valence-corrected chi connectivity index (χ0v) is 24.8. The van der Waals surface area contributed by atoms with Crippen LogP contribution in [0.3, 0.4) is 0 Å². The molecule has 2 amide bonds. The second-order valence-corrected chi connectivity index (χ2v) is 12.1. The topological polar surface area (TPSA) is 86.8 Å². The molecule has 0 fully saturated rings. The molecule has 0 bridgehead atoms. The molecule has 7 nitrogen and oxygen atoms in total. The van der Waals surface area contributed by atoms with Gasteiger partial charge in [-0.15, -0.1) is 0 Å². The van der Waals surface area contributed by atoms with E-state index in [4.69, 9.17) is 23.2 Å². The fraction of sp³-hybridized carbons (Fsp3) is 0.310. The number of rotatable bonds is 11. The van der Waals surface area contributed by atoms with E-state index in [2.05, 4.69) is 5.32 Å². The molecule has 0 aliphatic rings. The third-order valence-corrected chi connectivity index (χ3v) is 8.16. The van der Waals surface area contributed by atoms with E-state index in [1.807, 2.05) is 50.2 Å². The van der Waals surface area contributed by atoms with Gasteiger partial charge in [0.05, 0.1) is 11.9 Å². The summed E-state index contributed by atoms with van der Waals surface area (Å²) in [4.78, 5) is 28.8. The predicted octanol–water partition coefficient (Wildman–Crippen LogP) is 5.15. The lowest BCUT2D eigenvalue weighted by Crippen LogP contribution is -2.53. The highest BCUT2D eigenvalue weighted by Crippen LogP contribution is 2.26. The first kappa shape index (κ1) is 30.5. The lowest BCUT2D eigenvalue weighted by Gasteiger charge is -2.33. The number of hydrogen-bond donors (Lipinski definition) is 1. The summed E-state index contributed by atoms with van der Waals surface area (Å²) in [7, 11) is -3.84. The van der Waals surface area contributed by atoms with Gasteiger partial charge < -0.3 is 10.2 Å². The molecule has 0 radical (unpaired) electrons. The Morgan fingerprint density at radius 1 is 0.949 bits per heavy atom. The van der Waals surface area contributed by atoms with Gasteiger partial charge in [0.1, 0.15) is 12.6 Å². The molecular weight excluding hydrogens is 557 g/mol. The second kappa shape index (κ2) is 13.3. The Morgan fingerprint density at radius 3 is 2.23 bits per heavy atom. The van der Waals surface area contributed by atoms with Gasteiger partial charge in [-0.25, -0.2) is 8.42 Å². The summed E-state index contributed by atoms with van der Waals surface area (Å²) in [6.07, 6.45) is 1.28. The molecule has 3 aromatic rings. The van der Waals surface area contributed by atoms with Crippen LogP contribution in [0.1, 0.15) is 29.2 Å². The summed E-state index contributed by atoms with van der Waals surface area (Å²) in [6, 6.07) is 18.5. The van der Waals surface area contributed by atoms with Crippen molar-refractivity contribution in [2.75, 3.05) is 23.7 Å². The molecule has 0 aromatic heterocycles. The van der Waals surface area contributed by atoms with Crippen LogP contribution in [-0.4, -0.2) is 50.5 Å². The third kappa shape index (κ3) is 8.21. The molecule has 0 heterocycles. The van der Waals surface area contributed by atoms with Crippen molar-refractivity contribution in [3.05, 3.63) is 99.0 Å². The highest BCUT2D eigenvalue weighted by Gasteiger charge is 2.33. The van der Waals surface area contributed by atoms with Crippen LogP contribution in [0.15, 0.2) is 66.7 Å². The Hall–Kier alpha value is -3.07. The summed E-state index contributed by atoms with van der Waals surface area (Å²) in [5.41, 5.74) is 3.69. The van der Waals surface area contributed by atoms with Gasteiger partial charge in [-0.1, -0.05) is 65.7 Å². The molecule has 0 unspecified atom stereocenters. The summed E-state index contributed by atoms with van der Waals surface area (Å²) in [5.74, 6) is -0.895. The number of hydrogen-bond acceptors (Lipinski definition) is 4. The maximum absolute atomic E-state index is 14.0. The monoisotopic (exact) mass is 589 g/mol. The van der Waals surface area contributed by atoms with Crippen molar-refractivity contribution in [2.45, 2.75) is 39.8 Å². The molecule has 3 aromatic carbocycles. The predicted molar refractivity (Wildman–Crippen MR) is 158 cm³/mol. The summed E-state index contributed by atoms with van der Waals surface area (Å²) < 4.78 is 26.8. The van der Waals surface area contributed by atoms with E-state index >= 15 is 0 Å². The van der Waals surface area contributed by atoms with Crippen molar-refractivity contribution in [3.8, 4) is 0 Å². The average molecular weight is 591 g/mol. The third-order valence-electron chi connectivity index (χ3n) is 6.44. The molecule has 3 rings (SSSR count). The maximum atomic E-state index is 14.0. The van der Waals surface area contributed by atoms with Crippen molar-refractivity contribution in [2.24, 2.45) is 0 Å². The van der Waals surface area contributed by atoms with Crippen molar-refractivity contribution in [1.82, 2.24) is 10.2 Å². The van der Waals surface area contributed by atoms with E-state index in [1.165, 1.54) is 4.90 Å². The first-order chi connectivity index (χ1) is 18.4. The summed E-state index contributed by atoms with van der Waals surface area (Å²) in [5, 5.41) is 3.59. The van der Waals surface area contributed by atoms with Gasteiger partial charge in [0.2, 0.25) is 21.8 Å². The minimum absolute atomic E-state index is 0.0198. The lowest BCUT2D eigenvalue weighted by molar-refractivity contribution is -0.140. The Balaban J connectivity index is 2.07. The smallest absolute Gasteiger partial charge is 0.244 e. The van der Waals surface area contributed by atoms with Crippen LogP contribution in [-0.2, 0) is 32.6 Å². The molecule has 1 atom stereocenters. The average Bonchev–Trinajstić information content (AvgIpc) is 2.87. The van der Waals surface area contributed by atoms with Crippen molar-refractivity contribution >= 4 is 50.7 Å². The highest BCUT2D eigenvalue weighted by atomic mass is 35.5. The molecule has 39 heavy (non-hydrogen) atoms. The molecule has 10 heteroatoms. The molecular formula is C29H33Cl2N3O4S. The first-order valence-electron chi connectivity index (χ1n) is 12.5.